The maximum atomic E-state index is 12.6. The van der Waals surface area contributed by atoms with Crippen molar-refractivity contribution < 1.29 is 14.4 Å². The molecule has 1 aromatic heterocycles. The molecule has 4 amide bonds. The van der Waals surface area contributed by atoms with Crippen LogP contribution in [0.5, 0.6) is 0 Å². The first-order chi connectivity index (χ1) is 13.0. The Morgan fingerprint density at radius 2 is 2.04 bits per heavy atom. The summed E-state index contributed by atoms with van der Waals surface area (Å²) in [6.07, 6.45) is 4.97. The Balaban J connectivity index is 1.36. The van der Waals surface area contributed by atoms with E-state index in [4.69, 9.17) is 0 Å². The number of rotatable bonds is 3. The van der Waals surface area contributed by atoms with Gasteiger partial charge in [-0.25, -0.2) is 4.79 Å². The fraction of sp³-hybridized carbons (Fsp3) is 0.579. The molecule has 3 aliphatic heterocycles. The zero-order valence-corrected chi connectivity index (χ0v) is 15.3. The Hall–Kier alpha value is -2.64. The maximum absolute atomic E-state index is 12.6. The van der Waals surface area contributed by atoms with Crippen LogP contribution >= 0.6 is 0 Å². The van der Waals surface area contributed by atoms with Gasteiger partial charge in [0, 0.05) is 38.8 Å². The molecule has 1 atom stereocenters. The highest BCUT2D eigenvalue weighted by molar-refractivity contribution is 5.90. The molecule has 0 bridgehead atoms. The number of pyridine rings is 1. The smallest absolute Gasteiger partial charge is 0.315 e. The van der Waals surface area contributed by atoms with E-state index in [1.54, 1.807) is 6.20 Å². The largest absolute Gasteiger partial charge is 0.341 e. The fourth-order valence-electron chi connectivity index (χ4n) is 4.37. The Kier molecular flexibility index (Phi) is 4.72. The van der Waals surface area contributed by atoms with Gasteiger partial charge < -0.3 is 20.4 Å². The van der Waals surface area contributed by atoms with E-state index in [-0.39, 0.29) is 23.3 Å². The first-order valence-corrected chi connectivity index (χ1v) is 9.56. The summed E-state index contributed by atoms with van der Waals surface area (Å²) in [7, 11) is 0. The normalized spacial score (nSPS) is 24.7. The summed E-state index contributed by atoms with van der Waals surface area (Å²) in [5.74, 6) is 0.171. The van der Waals surface area contributed by atoms with E-state index in [0.29, 0.717) is 32.6 Å². The molecule has 3 aliphatic rings. The molecule has 8 heteroatoms. The summed E-state index contributed by atoms with van der Waals surface area (Å²) in [6.45, 7) is 2.98. The van der Waals surface area contributed by atoms with Crippen LogP contribution in [0, 0.1) is 5.41 Å². The van der Waals surface area contributed by atoms with Crippen LogP contribution in [0.3, 0.4) is 0 Å². The molecule has 0 aromatic carbocycles. The number of piperidine rings is 2. The first kappa shape index (κ1) is 17.8. The van der Waals surface area contributed by atoms with Crippen molar-refractivity contribution in [1.29, 1.82) is 0 Å². The second-order valence-corrected chi connectivity index (χ2v) is 7.80. The predicted octanol–water partition coefficient (Wildman–Crippen LogP) is 0.494. The highest BCUT2D eigenvalue weighted by atomic mass is 16.2. The van der Waals surface area contributed by atoms with Crippen LogP contribution in [-0.4, -0.2) is 64.9 Å². The Bertz CT molecular complexity index is 730. The van der Waals surface area contributed by atoms with E-state index in [9.17, 15) is 14.4 Å². The van der Waals surface area contributed by atoms with Crippen LogP contribution in [0.1, 0.15) is 31.4 Å². The van der Waals surface area contributed by atoms with Crippen molar-refractivity contribution in [2.45, 2.75) is 38.3 Å². The van der Waals surface area contributed by atoms with Gasteiger partial charge in [-0.15, -0.1) is 0 Å². The van der Waals surface area contributed by atoms with Gasteiger partial charge >= 0.3 is 6.03 Å². The summed E-state index contributed by atoms with van der Waals surface area (Å²) in [5, 5.41) is 5.29. The number of amides is 4. The molecule has 4 rings (SSSR count). The first-order valence-electron chi connectivity index (χ1n) is 9.56. The maximum Gasteiger partial charge on any atom is 0.315 e. The lowest BCUT2D eigenvalue weighted by Crippen LogP contribution is -2.54. The Labute approximate surface area is 158 Å². The number of likely N-dealkylation sites (tertiary alicyclic amines) is 2. The van der Waals surface area contributed by atoms with Crippen LogP contribution in [0.15, 0.2) is 24.4 Å². The van der Waals surface area contributed by atoms with Crippen molar-refractivity contribution in [3.8, 4) is 0 Å². The highest BCUT2D eigenvalue weighted by Crippen LogP contribution is 2.40. The number of urea groups is 1. The quantitative estimate of drug-likeness (QED) is 0.809. The minimum absolute atomic E-state index is 0.0135. The molecular weight excluding hydrogens is 346 g/mol. The van der Waals surface area contributed by atoms with Gasteiger partial charge in [-0.3, -0.25) is 14.6 Å². The van der Waals surface area contributed by atoms with Crippen molar-refractivity contribution in [3.63, 3.8) is 0 Å². The van der Waals surface area contributed by atoms with Crippen LogP contribution in [0.25, 0.3) is 0 Å². The van der Waals surface area contributed by atoms with E-state index in [0.717, 1.165) is 31.5 Å². The lowest BCUT2D eigenvalue weighted by molar-refractivity contribution is -0.143. The molecule has 27 heavy (non-hydrogen) atoms. The zero-order chi connectivity index (χ0) is 18.9. The summed E-state index contributed by atoms with van der Waals surface area (Å²) in [6, 6.07) is 5.02. The summed E-state index contributed by atoms with van der Waals surface area (Å²) < 4.78 is 0. The molecule has 1 unspecified atom stereocenters. The topological polar surface area (TPSA) is 94.6 Å². The fourth-order valence-corrected chi connectivity index (χ4v) is 4.37. The van der Waals surface area contributed by atoms with Gasteiger partial charge in [0.25, 0.3) is 0 Å². The Morgan fingerprint density at radius 1 is 1.22 bits per heavy atom. The van der Waals surface area contributed by atoms with E-state index in [2.05, 4.69) is 15.6 Å². The standard InChI is InChI=1S/C19H25N5O3/c25-16-4-5-19(13-24(16)12-14-3-1-2-8-20-14)6-9-23(10-7-19)17(26)15-11-21-18(27)22-15/h1-3,8,15H,4-7,9-13H2,(H2,21,22,27). The zero-order valence-electron chi connectivity index (χ0n) is 15.3. The minimum atomic E-state index is -0.458. The van der Waals surface area contributed by atoms with Crippen molar-refractivity contribution >= 4 is 17.8 Å². The second-order valence-electron chi connectivity index (χ2n) is 7.80. The van der Waals surface area contributed by atoms with Gasteiger partial charge in [-0.05, 0) is 36.8 Å². The highest BCUT2D eigenvalue weighted by Gasteiger charge is 2.43. The van der Waals surface area contributed by atoms with Crippen LogP contribution < -0.4 is 10.6 Å². The molecule has 3 fully saturated rings. The number of carbonyl (C=O) groups excluding carboxylic acids is 3. The van der Waals surface area contributed by atoms with Crippen LogP contribution in [-0.2, 0) is 16.1 Å². The van der Waals surface area contributed by atoms with E-state index >= 15 is 0 Å². The predicted molar refractivity (Wildman–Crippen MR) is 97.5 cm³/mol. The van der Waals surface area contributed by atoms with Gasteiger partial charge in [0.05, 0.1) is 12.2 Å². The molecule has 3 saturated heterocycles. The molecule has 1 aromatic rings. The average molecular weight is 371 g/mol. The van der Waals surface area contributed by atoms with Crippen LogP contribution in [0.4, 0.5) is 4.79 Å². The molecule has 0 aliphatic carbocycles. The third kappa shape index (κ3) is 3.74. The SMILES string of the molecule is O=C1NCC(C(=O)N2CCC3(CCC(=O)N(Cc4ccccn4)C3)CC2)N1. The third-order valence-corrected chi connectivity index (χ3v) is 6.03. The summed E-state index contributed by atoms with van der Waals surface area (Å²) in [5.41, 5.74) is 0.983. The summed E-state index contributed by atoms with van der Waals surface area (Å²) >= 11 is 0. The van der Waals surface area contributed by atoms with Gasteiger partial charge in [0.1, 0.15) is 6.04 Å². The van der Waals surface area contributed by atoms with E-state index in [1.807, 2.05) is 28.0 Å². The van der Waals surface area contributed by atoms with Crippen molar-refractivity contribution in [2.24, 2.45) is 5.41 Å². The number of hydrogen-bond donors (Lipinski definition) is 2. The number of aromatic nitrogens is 1. The average Bonchev–Trinajstić information content (AvgIpc) is 3.12. The molecule has 8 nitrogen and oxygen atoms in total. The monoisotopic (exact) mass is 371 g/mol. The van der Waals surface area contributed by atoms with Crippen molar-refractivity contribution in [1.82, 2.24) is 25.4 Å². The van der Waals surface area contributed by atoms with Gasteiger partial charge in [0.2, 0.25) is 11.8 Å². The van der Waals surface area contributed by atoms with Gasteiger partial charge in [-0.2, -0.15) is 0 Å². The minimum Gasteiger partial charge on any atom is -0.341 e. The second kappa shape index (κ2) is 7.17. The van der Waals surface area contributed by atoms with Gasteiger partial charge in [0.15, 0.2) is 0 Å². The van der Waals surface area contributed by atoms with E-state index < -0.39 is 6.04 Å². The molecule has 1 spiro atoms. The lowest BCUT2D eigenvalue weighted by atomic mass is 9.72. The number of hydrogen-bond acceptors (Lipinski definition) is 4. The molecule has 0 radical (unpaired) electrons. The number of nitrogens with zero attached hydrogens (tertiary/aromatic N) is 3. The molecule has 0 saturated carbocycles. The summed E-state index contributed by atoms with van der Waals surface area (Å²) in [4.78, 5) is 44.3. The number of carbonyl (C=O) groups is 3. The lowest BCUT2D eigenvalue weighted by Gasteiger charge is -2.47. The molecule has 4 heterocycles. The molecule has 144 valence electrons. The Morgan fingerprint density at radius 3 is 2.70 bits per heavy atom. The third-order valence-electron chi connectivity index (χ3n) is 6.03. The van der Waals surface area contributed by atoms with Crippen molar-refractivity contribution in [3.05, 3.63) is 30.1 Å². The van der Waals surface area contributed by atoms with Crippen LogP contribution in [0.2, 0.25) is 0 Å². The molecule has 2 N–H and O–H groups in total. The van der Waals surface area contributed by atoms with Crippen molar-refractivity contribution in [2.75, 3.05) is 26.2 Å². The number of nitrogens with one attached hydrogen (secondary N) is 2. The van der Waals surface area contributed by atoms with Gasteiger partial charge in [-0.1, -0.05) is 6.07 Å². The molecular formula is C19H25N5O3. The van der Waals surface area contributed by atoms with E-state index in [1.165, 1.54) is 0 Å².